The van der Waals surface area contributed by atoms with Crippen molar-refractivity contribution in [3.63, 3.8) is 0 Å². The van der Waals surface area contributed by atoms with E-state index in [4.69, 9.17) is 16.3 Å². The maximum Gasteiger partial charge on any atom is 0.242 e. The number of halogens is 1. The molecule has 0 bridgehead atoms. The molecule has 1 N–H and O–H groups in total. The van der Waals surface area contributed by atoms with Gasteiger partial charge in [-0.3, -0.25) is 4.79 Å². The molecule has 1 fully saturated rings. The number of hydrogen-bond acceptors (Lipinski definition) is 3. The Bertz CT molecular complexity index is 470. The molecule has 4 nitrogen and oxygen atoms in total. The van der Waals surface area contributed by atoms with Crippen LogP contribution in [0.25, 0.3) is 0 Å². The minimum absolute atomic E-state index is 0.169. The summed E-state index contributed by atoms with van der Waals surface area (Å²) in [5.74, 6) is 0.937. The fraction of sp³-hybridized carbons (Fsp3) is 0.562. The number of carbonyl (C=O) groups excluding carboxylic acids is 1. The quantitative estimate of drug-likeness (QED) is 0.878. The summed E-state index contributed by atoms with van der Waals surface area (Å²) in [6.07, 6.45) is 2.81. The highest BCUT2D eigenvalue weighted by Gasteiger charge is 2.40. The highest BCUT2D eigenvalue weighted by Crippen LogP contribution is 2.25. The third-order valence-electron chi connectivity index (χ3n) is 4.11. The first kappa shape index (κ1) is 16.1. The molecular weight excluding hydrogens is 288 g/mol. The first-order chi connectivity index (χ1) is 10.1. The molecule has 1 atom stereocenters. The molecule has 0 aliphatic carbocycles. The number of carbonyl (C=O) groups is 1. The minimum atomic E-state index is -0.366. The number of nitrogens with one attached hydrogen (secondary N) is 1. The van der Waals surface area contributed by atoms with E-state index in [2.05, 4.69) is 12.2 Å². The fourth-order valence-electron chi connectivity index (χ4n) is 2.74. The number of likely N-dealkylation sites (N-methyl/N-ethyl adjacent to an activating group) is 1. The van der Waals surface area contributed by atoms with Gasteiger partial charge in [0, 0.05) is 12.1 Å². The molecular formula is C16H23ClN2O2. The van der Waals surface area contributed by atoms with Crippen molar-refractivity contribution in [1.82, 2.24) is 10.2 Å². The minimum Gasteiger partial charge on any atom is -0.492 e. The zero-order chi connectivity index (χ0) is 15.3. The van der Waals surface area contributed by atoms with Crippen LogP contribution in [-0.4, -0.2) is 43.1 Å². The largest absolute Gasteiger partial charge is 0.492 e. The van der Waals surface area contributed by atoms with Crippen molar-refractivity contribution in [1.29, 1.82) is 0 Å². The second-order valence-corrected chi connectivity index (χ2v) is 5.93. The van der Waals surface area contributed by atoms with E-state index in [1.807, 2.05) is 19.2 Å². The van der Waals surface area contributed by atoms with Crippen molar-refractivity contribution >= 4 is 17.5 Å². The maximum atomic E-state index is 12.6. The fourth-order valence-corrected chi connectivity index (χ4v) is 2.87. The molecule has 1 aliphatic heterocycles. The molecule has 0 radical (unpaired) electrons. The van der Waals surface area contributed by atoms with Crippen LogP contribution in [0.4, 0.5) is 0 Å². The normalized spacial score (nSPS) is 21.3. The molecule has 0 spiro atoms. The molecule has 5 heteroatoms. The van der Waals surface area contributed by atoms with E-state index in [0.29, 0.717) is 18.2 Å². The van der Waals surface area contributed by atoms with Gasteiger partial charge in [-0.25, -0.2) is 0 Å². The maximum absolute atomic E-state index is 12.6. The average Bonchev–Trinajstić information content (AvgIpc) is 2.98. The summed E-state index contributed by atoms with van der Waals surface area (Å²) in [6, 6.07) is 7.24. The lowest BCUT2D eigenvalue weighted by Crippen LogP contribution is -2.54. The lowest BCUT2D eigenvalue weighted by atomic mass is 9.92. The number of benzene rings is 1. The molecule has 1 heterocycles. The van der Waals surface area contributed by atoms with Crippen molar-refractivity contribution in [2.24, 2.45) is 0 Å². The molecule has 1 aromatic rings. The van der Waals surface area contributed by atoms with Gasteiger partial charge in [-0.05, 0) is 50.1 Å². The Morgan fingerprint density at radius 2 is 2.14 bits per heavy atom. The van der Waals surface area contributed by atoms with Crippen LogP contribution < -0.4 is 10.1 Å². The molecule has 1 aliphatic rings. The van der Waals surface area contributed by atoms with Gasteiger partial charge in [0.05, 0.1) is 12.1 Å². The van der Waals surface area contributed by atoms with Gasteiger partial charge in [0.1, 0.15) is 12.4 Å². The highest BCUT2D eigenvalue weighted by molar-refractivity contribution is 6.30. The van der Waals surface area contributed by atoms with Crippen molar-refractivity contribution in [3.05, 3.63) is 29.3 Å². The van der Waals surface area contributed by atoms with Gasteiger partial charge in [0.15, 0.2) is 0 Å². The topological polar surface area (TPSA) is 41.6 Å². The van der Waals surface area contributed by atoms with E-state index in [-0.39, 0.29) is 11.4 Å². The monoisotopic (exact) mass is 310 g/mol. The summed E-state index contributed by atoms with van der Waals surface area (Å²) >= 11 is 5.83. The van der Waals surface area contributed by atoms with Crippen molar-refractivity contribution < 1.29 is 9.53 Å². The van der Waals surface area contributed by atoms with Crippen LogP contribution in [0, 0.1) is 0 Å². The SMILES string of the molecule is CCC1(C(=O)N(C)CCOc2ccc(Cl)cc2)CCCN1. The summed E-state index contributed by atoms with van der Waals surface area (Å²) in [5, 5.41) is 4.06. The number of nitrogens with zero attached hydrogens (tertiary/aromatic N) is 1. The summed E-state index contributed by atoms with van der Waals surface area (Å²) in [4.78, 5) is 14.3. The molecule has 0 saturated carbocycles. The Labute approximate surface area is 131 Å². The van der Waals surface area contributed by atoms with Crippen LogP contribution in [-0.2, 0) is 4.79 Å². The summed E-state index contributed by atoms with van der Waals surface area (Å²) in [7, 11) is 1.84. The van der Waals surface area contributed by atoms with E-state index >= 15 is 0 Å². The third kappa shape index (κ3) is 3.89. The number of hydrogen-bond donors (Lipinski definition) is 1. The van der Waals surface area contributed by atoms with Gasteiger partial charge < -0.3 is 15.0 Å². The lowest BCUT2D eigenvalue weighted by molar-refractivity contribution is -0.137. The highest BCUT2D eigenvalue weighted by atomic mass is 35.5. The van der Waals surface area contributed by atoms with Crippen molar-refractivity contribution in [3.8, 4) is 5.75 Å². The van der Waals surface area contributed by atoms with Gasteiger partial charge >= 0.3 is 0 Å². The average molecular weight is 311 g/mol. The van der Waals surface area contributed by atoms with Gasteiger partial charge in [-0.1, -0.05) is 18.5 Å². The van der Waals surface area contributed by atoms with Gasteiger partial charge in [0.2, 0.25) is 5.91 Å². The zero-order valence-electron chi connectivity index (χ0n) is 12.7. The molecule has 1 unspecified atom stereocenters. The van der Waals surface area contributed by atoms with E-state index in [1.165, 1.54) is 0 Å². The Balaban J connectivity index is 1.82. The standard InChI is InChI=1S/C16H23ClN2O2/c1-3-16(9-4-10-18-16)15(20)19(2)11-12-21-14-7-5-13(17)6-8-14/h5-8,18H,3-4,9-12H2,1-2H3. The Morgan fingerprint density at radius 3 is 2.71 bits per heavy atom. The summed E-state index contributed by atoms with van der Waals surface area (Å²) < 4.78 is 5.64. The molecule has 1 amide bonds. The van der Waals surface area contributed by atoms with E-state index in [0.717, 1.165) is 31.6 Å². The molecule has 1 aromatic carbocycles. The third-order valence-corrected chi connectivity index (χ3v) is 4.36. The van der Waals surface area contributed by atoms with Crippen LogP contribution >= 0.6 is 11.6 Å². The Morgan fingerprint density at radius 1 is 1.43 bits per heavy atom. The Hall–Kier alpha value is -1.26. The van der Waals surface area contributed by atoms with Crippen LogP contribution in [0.3, 0.4) is 0 Å². The van der Waals surface area contributed by atoms with Crippen molar-refractivity contribution in [2.75, 3.05) is 26.7 Å². The second kappa shape index (κ2) is 7.14. The number of rotatable bonds is 6. The molecule has 0 aromatic heterocycles. The molecule has 2 rings (SSSR count). The molecule has 1 saturated heterocycles. The molecule has 116 valence electrons. The van der Waals surface area contributed by atoms with Gasteiger partial charge in [0.25, 0.3) is 0 Å². The zero-order valence-corrected chi connectivity index (χ0v) is 13.4. The van der Waals surface area contributed by atoms with E-state index < -0.39 is 0 Å². The Kier molecular flexibility index (Phi) is 5.48. The van der Waals surface area contributed by atoms with Crippen molar-refractivity contribution in [2.45, 2.75) is 31.7 Å². The predicted molar refractivity (Wildman–Crippen MR) is 84.8 cm³/mol. The smallest absolute Gasteiger partial charge is 0.242 e. The van der Waals surface area contributed by atoms with Crippen LogP contribution in [0.5, 0.6) is 5.75 Å². The summed E-state index contributed by atoms with van der Waals surface area (Å²) in [6.45, 7) is 4.04. The van der Waals surface area contributed by atoms with Gasteiger partial charge in [-0.2, -0.15) is 0 Å². The van der Waals surface area contributed by atoms with Crippen LogP contribution in [0.1, 0.15) is 26.2 Å². The van der Waals surface area contributed by atoms with Crippen LogP contribution in [0.15, 0.2) is 24.3 Å². The van der Waals surface area contributed by atoms with E-state index in [9.17, 15) is 4.79 Å². The lowest BCUT2D eigenvalue weighted by Gasteiger charge is -2.31. The first-order valence-corrected chi connectivity index (χ1v) is 7.84. The first-order valence-electron chi connectivity index (χ1n) is 7.46. The van der Waals surface area contributed by atoms with E-state index in [1.54, 1.807) is 17.0 Å². The summed E-state index contributed by atoms with van der Waals surface area (Å²) in [5.41, 5.74) is -0.366. The van der Waals surface area contributed by atoms with Gasteiger partial charge in [-0.15, -0.1) is 0 Å². The predicted octanol–water partition coefficient (Wildman–Crippen LogP) is 2.71. The van der Waals surface area contributed by atoms with Crippen LogP contribution in [0.2, 0.25) is 5.02 Å². The second-order valence-electron chi connectivity index (χ2n) is 5.50. The number of ether oxygens (including phenoxy) is 1. The molecule has 21 heavy (non-hydrogen) atoms. The number of amides is 1.